The van der Waals surface area contributed by atoms with E-state index in [0.29, 0.717) is 5.56 Å². The van der Waals surface area contributed by atoms with Crippen molar-refractivity contribution >= 4 is 5.97 Å². The minimum Gasteiger partial charge on any atom is -0.481 e. The fraction of sp³-hybridized carbons (Fsp3) is 0.300. The maximum absolute atomic E-state index is 12.5. The van der Waals surface area contributed by atoms with Crippen LogP contribution in [0.1, 0.15) is 28.9 Å². The second-order valence-electron chi connectivity index (χ2n) is 3.17. The van der Waals surface area contributed by atoms with Crippen molar-refractivity contribution in [3.8, 4) is 6.07 Å². The lowest BCUT2D eigenvalue weighted by Gasteiger charge is -2.07. The van der Waals surface area contributed by atoms with Gasteiger partial charge in [-0.05, 0) is 18.6 Å². The predicted octanol–water partition coefficient (Wildman–Crippen LogP) is 1.83. The van der Waals surface area contributed by atoms with Gasteiger partial charge in [-0.3, -0.25) is 4.79 Å². The minimum absolute atomic E-state index is 0.0572. The molecule has 0 atom stereocenters. The van der Waals surface area contributed by atoms with E-state index in [0.717, 1.165) is 0 Å². The first-order chi connectivity index (χ1) is 7.45. The molecule has 0 saturated heterocycles. The van der Waals surface area contributed by atoms with Crippen LogP contribution in [0.4, 0.5) is 8.78 Å². The molecule has 0 bridgehead atoms. The number of rotatable bonds is 3. The average Bonchev–Trinajstić information content (AvgIpc) is 2.19. The number of carboxylic acid groups (broad SMARTS) is 1. The number of hydrogen-bond acceptors (Lipinski definition) is 3. The van der Waals surface area contributed by atoms with Gasteiger partial charge in [-0.2, -0.15) is 5.26 Å². The fourth-order valence-corrected chi connectivity index (χ4v) is 1.25. The van der Waals surface area contributed by atoms with E-state index in [9.17, 15) is 13.6 Å². The van der Waals surface area contributed by atoms with Gasteiger partial charge in [-0.1, -0.05) is 0 Å². The number of aromatic nitrogens is 1. The lowest BCUT2D eigenvalue weighted by Crippen LogP contribution is -2.08. The second kappa shape index (κ2) is 4.66. The highest BCUT2D eigenvalue weighted by molar-refractivity contribution is 5.70. The van der Waals surface area contributed by atoms with E-state index in [2.05, 4.69) is 4.98 Å². The summed E-state index contributed by atoms with van der Waals surface area (Å²) in [7, 11) is 0. The second-order valence-corrected chi connectivity index (χ2v) is 3.17. The molecule has 0 fully saturated rings. The Morgan fingerprint density at radius 2 is 2.31 bits per heavy atom. The predicted molar refractivity (Wildman–Crippen MR) is 50.0 cm³/mol. The molecule has 0 amide bonds. The van der Waals surface area contributed by atoms with Crippen molar-refractivity contribution in [3.63, 3.8) is 0 Å². The van der Waals surface area contributed by atoms with Gasteiger partial charge < -0.3 is 5.11 Å². The highest BCUT2D eigenvalue weighted by atomic mass is 19.3. The number of aliphatic carboxylic acids is 1. The molecule has 0 radical (unpaired) electrons. The van der Waals surface area contributed by atoms with Crippen LogP contribution in [-0.4, -0.2) is 16.1 Å². The zero-order valence-corrected chi connectivity index (χ0v) is 8.37. The van der Waals surface area contributed by atoms with Crippen molar-refractivity contribution in [3.05, 3.63) is 28.6 Å². The molecule has 16 heavy (non-hydrogen) atoms. The molecule has 1 aromatic rings. The van der Waals surface area contributed by atoms with Crippen LogP contribution in [0, 0.1) is 18.3 Å². The molecule has 6 heteroatoms. The minimum atomic E-state index is -2.89. The number of nitriles is 1. The van der Waals surface area contributed by atoms with E-state index in [1.807, 2.05) is 0 Å². The number of halogens is 2. The third-order valence-electron chi connectivity index (χ3n) is 1.99. The molecule has 1 rings (SSSR count). The SMILES string of the molecule is Cc1cc(C#N)c(C(F)F)nc1CC(=O)O. The van der Waals surface area contributed by atoms with Crippen molar-refractivity contribution in [1.29, 1.82) is 5.26 Å². The summed E-state index contributed by atoms with van der Waals surface area (Å²) in [5, 5.41) is 17.2. The number of pyridine rings is 1. The van der Waals surface area contributed by atoms with Crippen LogP contribution in [0.15, 0.2) is 6.07 Å². The van der Waals surface area contributed by atoms with Crippen molar-refractivity contribution in [2.45, 2.75) is 19.8 Å². The summed E-state index contributed by atoms with van der Waals surface area (Å²) in [5.41, 5.74) is -0.406. The summed E-state index contributed by atoms with van der Waals surface area (Å²) in [4.78, 5) is 14.0. The molecule has 0 saturated carbocycles. The van der Waals surface area contributed by atoms with Crippen molar-refractivity contribution in [2.24, 2.45) is 0 Å². The van der Waals surface area contributed by atoms with E-state index in [4.69, 9.17) is 10.4 Å². The third kappa shape index (κ3) is 2.51. The van der Waals surface area contributed by atoms with Gasteiger partial charge in [0.2, 0.25) is 0 Å². The largest absolute Gasteiger partial charge is 0.481 e. The van der Waals surface area contributed by atoms with Crippen LogP contribution in [0.2, 0.25) is 0 Å². The van der Waals surface area contributed by atoms with Gasteiger partial charge in [0.15, 0.2) is 0 Å². The van der Waals surface area contributed by atoms with Gasteiger partial charge in [-0.25, -0.2) is 13.8 Å². The van der Waals surface area contributed by atoms with Crippen LogP contribution < -0.4 is 0 Å². The van der Waals surface area contributed by atoms with E-state index in [-0.39, 0.29) is 11.3 Å². The Morgan fingerprint density at radius 1 is 1.69 bits per heavy atom. The smallest absolute Gasteiger partial charge is 0.309 e. The molecule has 0 unspecified atom stereocenters. The normalized spacial score (nSPS) is 10.2. The summed E-state index contributed by atoms with van der Waals surface area (Å²) in [6, 6.07) is 2.84. The quantitative estimate of drug-likeness (QED) is 0.853. The molecule has 1 aromatic heterocycles. The molecule has 0 aromatic carbocycles. The maximum atomic E-state index is 12.5. The molecule has 0 spiro atoms. The van der Waals surface area contributed by atoms with Crippen molar-refractivity contribution in [2.75, 3.05) is 0 Å². The number of carboxylic acids is 1. The standard InChI is InChI=1S/C10H8F2N2O2/c1-5-2-6(4-13)9(10(11)12)14-7(5)3-8(15)16/h2,10H,3H2,1H3,(H,15,16). The monoisotopic (exact) mass is 226 g/mol. The summed E-state index contributed by atoms with van der Waals surface area (Å²) in [5.74, 6) is -1.15. The van der Waals surface area contributed by atoms with Gasteiger partial charge in [0.05, 0.1) is 17.7 Å². The molecular formula is C10H8F2N2O2. The molecular weight excluding hydrogens is 218 g/mol. The third-order valence-corrected chi connectivity index (χ3v) is 1.99. The number of aryl methyl sites for hydroxylation is 1. The van der Waals surface area contributed by atoms with Crippen molar-refractivity contribution < 1.29 is 18.7 Å². The topological polar surface area (TPSA) is 74.0 Å². The lowest BCUT2D eigenvalue weighted by atomic mass is 10.1. The molecule has 4 nitrogen and oxygen atoms in total. The highest BCUT2D eigenvalue weighted by Gasteiger charge is 2.18. The lowest BCUT2D eigenvalue weighted by molar-refractivity contribution is -0.136. The number of hydrogen-bond donors (Lipinski definition) is 1. The van der Waals surface area contributed by atoms with Crippen LogP contribution in [-0.2, 0) is 11.2 Å². The molecule has 84 valence electrons. The summed E-state index contributed by atoms with van der Waals surface area (Å²) < 4.78 is 25.0. The van der Waals surface area contributed by atoms with E-state index in [1.54, 1.807) is 6.07 Å². The number of carbonyl (C=O) groups is 1. The number of nitrogens with zero attached hydrogens (tertiary/aromatic N) is 2. The Kier molecular flexibility index (Phi) is 3.51. The van der Waals surface area contributed by atoms with Crippen LogP contribution >= 0.6 is 0 Å². The summed E-state index contributed by atoms with van der Waals surface area (Å²) in [6.45, 7) is 1.53. The summed E-state index contributed by atoms with van der Waals surface area (Å²) in [6.07, 6.45) is -3.32. The van der Waals surface area contributed by atoms with Crippen LogP contribution in [0.25, 0.3) is 0 Å². The Bertz CT molecular complexity index is 467. The number of alkyl halides is 2. The average molecular weight is 226 g/mol. The van der Waals surface area contributed by atoms with E-state index < -0.39 is 24.5 Å². The first-order valence-corrected chi connectivity index (χ1v) is 4.36. The van der Waals surface area contributed by atoms with E-state index >= 15 is 0 Å². The molecule has 1 heterocycles. The van der Waals surface area contributed by atoms with Crippen LogP contribution in [0.5, 0.6) is 0 Å². The first-order valence-electron chi connectivity index (χ1n) is 4.36. The van der Waals surface area contributed by atoms with E-state index in [1.165, 1.54) is 13.0 Å². The van der Waals surface area contributed by atoms with Gasteiger partial charge in [0.25, 0.3) is 6.43 Å². The maximum Gasteiger partial charge on any atom is 0.309 e. The van der Waals surface area contributed by atoms with Gasteiger partial charge in [0.1, 0.15) is 11.8 Å². The molecule has 1 N–H and O–H groups in total. The highest BCUT2D eigenvalue weighted by Crippen LogP contribution is 2.22. The molecule has 0 aliphatic heterocycles. The van der Waals surface area contributed by atoms with Crippen LogP contribution in [0.3, 0.4) is 0 Å². The zero-order chi connectivity index (χ0) is 12.3. The molecule has 0 aliphatic rings. The van der Waals surface area contributed by atoms with Gasteiger partial charge in [-0.15, -0.1) is 0 Å². The fourth-order valence-electron chi connectivity index (χ4n) is 1.25. The Morgan fingerprint density at radius 3 is 2.75 bits per heavy atom. The van der Waals surface area contributed by atoms with Gasteiger partial charge in [0, 0.05) is 0 Å². The Labute approximate surface area is 90.2 Å². The Balaban J connectivity index is 3.28. The zero-order valence-electron chi connectivity index (χ0n) is 8.37. The summed E-state index contributed by atoms with van der Waals surface area (Å²) >= 11 is 0. The first kappa shape index (κ1) is 12.0. The molecule has 0 aliphatic carbocycles. The van der Waals surface area contributed by atoms with Gasteiger partial charge >= 0.3 is 5.97 Å². The van der Waals surface area contributed by atoms with Crippen molar-refractivity contribution in [1.82, 2.24) is 4.98 Å². The Hall–Kier alpha value is -2.03.